The first-order valence-corrected chi connectivity index (χ1v) is 9.06. The molecule has 0 saturated carbocycles. The van der Waals surface area contributed by atoms with E-state index in [0.29, 0.717) is 31.7 Å². The van der Waals surface area contributed by atoms with E-state index in [2.05, 4.69) is 5.32 Å². The average molecular weight is 381 g/mol. The number of para-hydroxylation sites is 1. The third-order valence-electron chi connectivity index (χ3n) is 5.51. The number of nitro benzene ring substituents is 1. The first-order valence-electron chi connectivity index (χ1n) is 9.06. The largest absolute Gasteiger partial charge is 0.484 e. The Morgan fingerprint density at radius 2 is 1.82 bits per heavy atom. The number of rotatable bonds is 4. The van der Waals surface area contributed by atoms with E-state index in [-0.39, 0.29) is 24.1 Å². The third-order valence-corrected chi connectivity index (χ3v) is 5.51. The Bertz CT molecular complexity index is 933. The molecule has 2 heterocycles. The molecule has 28 heavy (non-hydrogen) atoms. The van der Waals surface area contributed by atoms with Gasteiger partial charge in [0.15, 0.2) is 6.61 Å². The number of nitrogens with zero attached hydrogens (tertiary/aromatic N) is 2. The van der Waals surface area contributed by atoms with E-state index in [9.17, 15) is 19.7 Å². The van der Waals surface area contributed by atoms with Gasteiger partial charge in [0.1, 0.15) is 5.75 Å². The first kappa shape index (κ1) is 18.0. The highest BCUT2D eigenvalue weighted by Crippen LogP contribution is 2.44. The smallest absolute Gasteiger partial charge is 0.269 e. The zero-order valence-electron chi connectivity index (χ0n) is 15.1. The van der Waals surface area contributed by atoms with Crippen LogP contribution in [0.3, 0.4) is 0 Å². The molecule has 1 spiro atoms. The summed E-state index contributed by atoms with van der Waals surface area (Å²) in [6.45, 7) is 0.808. The molecule has 1 saturated heterocycles. The highest BCUT2D eigenvalue weighted by atomic mass is 16.6. The number of carbonyl (C=O) groups is 2. The van der Waals surface area contributed by atoms with Crippen LogP contribution in [0.2, 0.25) is 0 Å². The van der Waals surface area contributed by atoms with Gasteiger partial charge in [0.25, 0.3) is 11.6 Å². The predicted molar refractivity (Wildman–Crippen MR) is 101 cm³/mol. The number of nitrogens with one attached hydrogen (secondary N) is 1. The SMILES string of the molecule is O=C(COc1ccc([N+](=O)[O-])cc1)N1CCC2(CC1)C(=O)Nc1ccccc12. The van der Waals surface area contributed by atoms with Gasteiger partial charge < -0.3 is 15.0 Å². The van der Waals surface area contributed by atoms with E-state index < -0.39 is 10.3 Å². The van der Waals surface area contributed by atoms with Crippen molar-refractivity contribution in [3.8, 4) is 5.75 Å². The van der Waals surface area contributed by atoms with Gasteiger partial charge in [0.05, 0.1) is 10.3 Å². The molecule has 0 atom stereocenters. The van der Waals surface area contributed by atoms with Crippen LogP contribution in [0.4, 0.5) is 11.4 Å². The highest BCUT2D eigenvalue weighted by molar-refractivity contribution is 6.06. The van der Waals surface area contributed by atoms with Gasteiger partial charge in [0.2, 0.25) is 5.91 Å². The molecule has 1 N–H and O–H groups in total. The normalized spacial score (nSPS) is 17.1. The molecule has 2 aliphatic heterocycles. The van der Waals surface area contributed by atoms with Crippen molar-refractivity contribution < 1.29 is 19.2 Å². The molecule has 0 aromatic heterocycles. The van der Waals surface area contributed by atoms with Crippen molar-refractivity contribution >= 4 is 23.2 Å². The molecule has 2 aliphatic rings. The van der Waals surface area contributed by atoms with Crippen LogP contribution in [0.5, 0.6) is 5.75 Å². The number of fused-ring (bicyclic) bond motifs is 2. The van der Waals surface area contributed by atoms with E-state index in [1.807, 2.05) is 24.3 Å². The van der Waals surface area contributed by atoms with E-state index in [1.54, 1.807) is 4.90 Å². The molecule has 2 aromatic rings. The molecule has 1 fully saturated rings. The molecule has 144 valence electrons. The number of hydrogen-bond donors (Lipinski definition) is 1. The third kappa shape index (κ3) is 3.06. The number of ether oxygens (including phenoxy) is 1. The minimum absolute atomic E-state index is 0.00271. The number of nitro groups is 1. The standard InChI is InChI=1S/C20H19N3O5/c24-18(13-28-15-7-5-14(6-8-15)23(26)27)22-11-9-20(10-12-22)16-3-1-2-4-17(16)21-19(20)25/h1-8H,9-13H2,(H,21,25). The second-order valence-electron chi connectivity index (χ2n) is 7.00. The van der Waals surface area contributed by atoms with Crippen molar-refractivity contribution in [2.45, 2.75) is 18.3 Å². The van der Waals surface area contributed by atoms with Gasteiger partial charge in [0, 0.05) is 30.9 Å². The van der Waals surface area contributed by atoms with E-state index in [1.165, 1.54) is 24.3 Å². The molecular formula is C20H19N3O5. The van der Waals surface area contributed by atoms with E-state index in [0.717, 1.165) is 11.3 Å². The molecule has 0 bridgehead atoms. The van der Waals surface area contributed by atoms with Crippen LogP contribution in [0.25, 0.3) is 0 Å². The topological polar surface area (TPSA) is 102 Å². The number of anilines is 1. The van der Waals surface area contributed by atoms with E-state index >= 15 is 0 Å². The van der Waals surface area contributed by atoms with Crippen molar-refractivity contribution in [3.05, 3.63) is 64.2 Å². The Balaban J connectivity index is 1.36. The Morgan fingerprint density at radius 1 is 1.14 bits per heavy atom. The van der Waals surface area contributed by atoms with Gasteiger partial charge in [-0.05, 0) is 36.6 Å². The summed E-state index contributed by atoms with van der Waals surface area (Å²) in [6, 6.07) is 13.3. The Labute approximate surface area is 161 Å². The lowest BCUT2D eigenvalue weighted by Gasteiger charge is -2.37. The van der Waals surface area contributed by atoms with Crippen LogP contribution in [0.15, 0.2) is 48.5 Å². The summed E-state index contributed by atoms with van der Waals surface area (Å²) >= 11 is 0. The second-order valence-corrected chi connectivity index (χ2v) is 7.00. The number of amides is 2. The predicted octanol–water partition coefficient (Wildman–Crippen LogP) is 2.49. The van der Waals surface area contributed by atoms with Crippen LogP contribution in [0, 0.1) is 10.1 Å². The van der Waals surface area contributed by atoms with Crippen LogP contribution in [-0.2, 0) is 15.0 Å². The number of benzene rings is 2. The fraction of sp³-hybridized carbons (Fsp3) is 0.300. The van der Waals surface area contributed by atoms with Crippen molar-refractivity contribution in [2.24, 2.45) is 0 Å². The van der Waals surface area contributed by atoms with Crippen molar-refractivity contribution in [1.29, 1.82) is 0 Å². The molecule has 8 heteroatoms. The Kier molecular flexibility index (Phi) is 4.46. The summed E-state index contributed by atoms with van der Waals surface area (Å²) in [7, 11) is 0. The maximum atomic E-state index is 12.6. The summed E-state index contributed by atoms with van der Waals surface area (Å²) in [5.41, 5.74) is 1.27. The van der Waals surface area contributed by atoms with Gasteiger partial charge >= 0.3 is 0 Å². The van der Waals surface area contributed by atoms with Gasteiger partial charge in [-0.15, -0.1) is 0 Å². The molecule has 0 radical (unpaired) electrons. The van der Waals surface area contributed by atoms with Crippen molar-refractivity contribution in [1.82, 2.24) is 4.90 Å². The Morgan fingerprint density at radius 3 is 2.50 bits per heavy atom. The molecular weight excluding hydrogens is 362 g/mol. The molecule has 0 aliphatic carbocycles. The number of carbonyl (C=O) groups excluding carboxylic acids is 2. The molecule has 2 amide bonds. The van der Waals surface area contributed by atoms with Crippen molar-refractivity contribution in [2.75, 3.05) is 25.0 Å². The maximum Gasteiger partial charge on any atom is 0.269 e. The van der Waals surface area contributed by atoms with Crippen LogP contribution < -0.4 is 10.1 Å². The lowest BCUT2D eigenvalue weighted by Crippen LogP contribution is -2.49. The van der Waals surface area contributed by atoms with Gasteiger partial charge in [-0.3, -0.25) is 19.7 Å². The van der Waals surface area contributed by atoms with E-state index in [4.69, 9.17) is 4.74 Å². The molecule has 0 unspecified atom stereocenters. The summed E-state index contributed by atoms with van der Waals surface area (Å²) in [5, 5.41) is 13.6. The zero-order valence-corrected chi connectivity index (χ0v) is 15.1. The number of non-ortho nitro benzene ring substituents is 1. The zero-order chi connectivity index (χ0) is 19.7. The molecule has 4 rings (SSSR count). The second kappa shape index (κ2) is 6.95. The quantitative estimate of drug-likeness (QED) is 0.648. The molecule has 2 aromatic carbocycles. The summed E-state index contributed by atoms with van der Waals surface area (Å²) in [5.74, 6) is 0.236. The first-order chi connectivity index (χ1) is 13.5. The fourth-order valence-electron chi connectivity index (χ4n) is 3.91. The average Bonchev–Trinajstić information content (AvgIpc) is 2.98. The monoisotopic (exact) mass is 381 g/mol. The lowest BCUT2D eigenvalue weighted by molar-refractivity contribution is -0.384. The number of piperidine rings is 1. The minimum atomic E-state index is -0.563. The lowest BCUT2D eigenvalue weighted by atomic mass is 9.73. The summed E-state index contributed by atoms with van der Waals surface area (Å²) in [4.78, 5) is 36.9. The van der Waals surface area contributed by atoms with Gasteiger partial charge in [-0.25, -0.2) is 0 Å². The Hall–Kier alpha value is -3.42. The fourth-order valence-corrected chi connectivity index (χ4v) is 3.91. The number of likely N-dealkylation sites (tertiary alicyclic amines) is 1. The summed E-state index contributed by atoms with van der Waals surface area (Å²) < 4.78 is 5.46. The van der Waals surface area contributed by atoms with Crippen LogP contribution in [-0.4, -0.2) is 41.3 Å². The molecule has 8 nitrogen and oxygen atoms in total. The number of hydrogen-bond acceptors (Lipinski definition) is 5. The van der Waals surface area contributed by atoms with Crippen molar-refractivity contribution in [3.63, 3.8) is 0 Å². The minimum Gasteiger partial charge on any atom is -0.484 e. The highest BCUT2D eigenvalue weighted by Gasteiger charge is 2.48. The van der Waals surface area contributed by atoms with Crippen LogP contribution >= 0.6 is 0 Å². The van der Waals surface area contributed by atoms with Gasteiger partial charge in [-0.1, -0.05) is 18.2 Å². The van der Waals surface area contributed by atoms with Crippen LogP contribution in [0.1, 0.15) is 18.4 Å². The van der Waals surface area contributed by atoms with Gasteiger partial charge in [-0.2, -0.15) is 0 Å². The maximum absolute atomic E-state index is 12.6. The summed E-state index contributed by atoms with van der Waals surface area (Å²) in [6.07, 6.45) is 1.14.